The minimum absolute atomic E-state index is 0.0975. The molecular weight excluding hydrogens is 342 g/mol. The molecule has 0 spiro atoms. The molecule has 1 atom stereocenters. The minimum Gasteiger partial charge on any atom is -0.304 e. The summed E-state index contributed by atoms with van der Waals surface area (Å²) in [6.07, 6.45) is 6.37. The normalized spacial score (nSPS) is 20.9. The van der Waals surface area contributed by atoms with Gasteiger partial charge in [-0.05, 0) is 19.2 Å². The fraction of sp³-hybridized carbons (Fsp3) is 0.368. The zero-order valence-electron chi connectivity index (χ0n) is 15.2. The summed E-state index contributed by atoms with van der Waals surface area (Å²) in [5, 5.41) is 5.35. The van der Waals surface area contributed by atoms with Crippen LogP contribution in [0.3, 0.4) is 0 Å². The van der Waals surface area contributed by atoms with Gasteiger partial charge in [-0.1, -0.05) is 12.1 Å². The third-order valence-corrected chi connectivity index (χ3v) is 5.38. The van der Waals surface area contributed by atoms with Crippen molar-refractivity contribution in [3.8, 4) is 5.82 Å². The van der Waals surface area contributed by atoms with Crippen molar-refractivity contribution in [3.05, 3.63) is 51.7 Å². The average Bonchev–Trinajstić information content (AvgIpc) is 3.06. The monoisotopic (exact) mass is 363 g/mol. The summed E-state index contributed by atoms with van der Waals surface area (Å²) in [6.45, 7) is 4.11. The van der Waals surface area contributed by atoms with Crippen molar-refractivity contribution in [2.45, 2.75) is 12.6 Å². The summed E-state index contributed by atoms with van der Waals surface area (Å²) in [5.41, 5.74) is 0.571. The maximum absolute atomic E-state index is 12.8. The highest BCUT2D eigenvalue weighted by Gasteiger charge is 2.23. The number of nitrogens with one attached hydrogen (secondary N) is 1. The van der Waals surface area contributed by atoms with E-state index in [0.29, 0.717) is 11.2 Å². The van der Waals surface area contributed by atoms with Crippen LogP contribution in [0.2, 0.25) is 0 Å². The van der Waals surface area contributed by atoms with E-state index in [0.717, 1.165) is 48.8 Å². The Kier molecular flexibility index (Phi) is 3.87. The van der Waals surface area contributed by atoms with Crippen LogP contribution in [0.25, 0.3) is 22.8 Å². The highest BCUT2D eigenvalue weighted by molar-refractivity contribution is 5.77. The Morgan fingerprint density at radius 3 is 2.78 bits per heavy atom. The van der Waals surface area contributed by atoms with E-state index in [1.807, 2.05) is 12.1 Å². The molecule has 8 heteroatoms. The number of likely N-dealkylation sites (N-methyl/N-ethyl adjacent to an activating group) is 1. The van der Waals surface area contributed by atoms with Crippen LogP contribution < -0.4 is 16.3 Å². The number of H-pyrrole nitrogens is 1. The summed E-state index contributed by atoms with van der Waals surface area (Å²) in [4.78, 5) is 31.3. The quantitative estimate of drug-likeness (QED) is 0.663. The molecule has 2 aliphatic rings. The van der Waals surface area contributed by atoms with Gasteiger partial charge in [0.05, 0.1) is 16.3 Å². The summed E-state index contributed by atoms with van der Waals surface area (Å²) in [6, 6.07) is 5.48. The van der Waals surface area contributed by atoms with Crippen molar-refractivity contribution < 1.29 is 0 Å². The number of aromatic nitrogens is 4. The molecule has 0 aromatic carbocycles. The minimum atomic E-state index is -0.157. The van der Waals surface area contributed by atoms with E-state index in [-0.39, 0.29) is 11.7 Å². The van der Waals surface area contributed by atoms with E-state index in [4.69, 9.17) is 4.99 Å². The molecule has 0 amide bonds. The van der Waals surface area contributed by atoms with Crippen LogP contribution >= 0.6 is 0 Å². The molecule has 0 radical (unpaired) electrons. The first-order valence-corrected chi connectivity index (χ1v) is 9.22. The zero-order chi connectivity index (χ0) is 18.4. The Bertz CT molecular complexity index is 1160. The fourth-order valence-electron chi connectivity index (χ4n) is 3.77. The van der Waals surface area contributed by atoms with Crippen LogP contribution in [-0.4, -0.2) is 68.9 Å². The van der Waals surface area contributed by atoms with Crippen molar-refractivity contribution in [1.29, 1.82) is 0 Å². The van der Waals surface area contributed by atoms with Crippen LogP contribution in [0.5, 0.6) is 0 Å². The summed E-state index contributed by atoms with van der Waals surface area (Å²) in [5.74, 6) is 0.558. The second kappa shape index (κ2) is 6.40. The average molecular weight is 363 g/mol. The van der Waals surface area contributed by atoms with E-state index >= 15 is 0 Å². The number of hydrogen-bond acceptors (Lipinski definition) is 6. The SMILES string of the molecule is CN1CCN(C2CC=c3ncc4c(=O)n(-c5ccccn5)[nH]c4c3=N2)CC1. The number of pyridine rings is 2. The van der Waals surface area contributed by atoms with Gasteiger partial charge in [0, 0.05) is 45.0 Å². The first kappa shape index (κ1) is 16.3. The predicted molar refractivity (Wildman–Crippen MR) is 102 cm³/mol. The first-order valence-electron chi connectivity index (χ1n) is 9.22. The molecule has 3 aromatic heterocycles. The first-order chi connectivity index (χ1) is 13.2. The smallest absolute Gasteiger partial charge is 0.282 e. The molecule has 5 rings (SSSR count). The molecular formula is C19H21N7O. The van der Waals surface area contributed by atoms with Crippen molar-refractivity contribution in [2.75, 3.05) is 33.2 Å². The van der Waals surface area contributed by atoms with Crippen LogP contribution in [0.1, 0.15) is 6.42 Å². The lowest BCUT2D eigenvalue weighted by molar-refractivity contribution is 0.115. The maximum Gasteiger partial charge on any atom is 0.282 e. The molecule has 8 nitrogen and oxygen atoms in total. The van der Waals surface area contributed by atoms with Gasteiger partial charge in [-0.25, -0.2) is 9.67 Å². The van der Waals surface area contributed by atoms with E-state index in [1.54, 1.807) is 18.5 Å². The van der Waals surface area contributed by atoms with E-state index < -0.39 is 0 Å². The molecule has 0 saturated carbocycles. The number of fused-ring (bicyclic) bond motifs is 3. The molecule has 27 heavy (non-hydrogen) atoms. The van der Waals surface area contributed by atoms with Gasteiger partial charge in [-0.3, -0.25) is 24.8 Å². The van der Waals surface area contributed by atoms with Gasteiger partial charge in [0.25, 0.3) is 5.56 Å². The van der Waals surface area contributed by atoms with Gasteiger partial charge < -0.3 is 4.90 Å². The summed E-state index contributed by atoms with van der Waals surface area (Å²) in [7, 11) is 2.15. The second-order valence-corrected chi connectivity index (χ2v) is 7.11. The maximum atomic E-state index is 12.8. The Morgan fingerprint density at radius 1 is 1.15 bits per heavy atom. The van der Waals surface area contributed by atoms with Gasteiger partial charge in [-0.15, -0.1) is 0 Å². The molecule has 1 N–H and O–H groups in total. The van der Waals surface area contributed by atoms with Crippen molar-refractivity contribution in [1.82, 2.24) is 29.5 Å². The Balaban J connectivity index is 1.64. The third-order valence-electron chi connectivity index (χ3n) is 5.38. The van der Waals surface area contributed by atoms with Crippen LogP contribution in [0.15, 0.2) is 40.4 Å². The molecule has 3 aromatic rings. The third kappa shape index (κ3) is 2.77. The molecule has 1 fully saturated rings. The van der Waals surface area contributed by atoms with Crippen molar-refractivity contribution in [2.24, 2.45) is 4.99 Å². The number of rotatable bonds is 2. The number of hydrogen-bond donors (Lipinski definition) is 1. The Labute approximate surface area is 155 Å². The lowest BCUT2D eigenvalue weighted by Crippen LogP contribution is -2.50. The van der Waals surface area contributed by atoms with Crippen LogP contribution in [0, 0.1) is 0 Å². The summed E-state index contributed by atoms with van der Waals surface area (Å²) < 4.78 is 1.46. The molecule has 5 heterocycles. The van der Waals surface area contributed by atoms with Gasteiger partial charge in [-0.2, -0.15) is 0 Å². The second-order valence-electron chi connectivity index (χ2n) is 7.11. The molecule has 138 valence electrons. The van der Waals surface area contributed by atoms with E-state index in [2.05, 4.69) is 38.0 Å². The number of piperazine rings is 1. The van der Waals surface area contributed by atoms with E-state index in [9.17, 15) is 4.79 Å². The lowest BCUT2D eigenvalue weighted by Gasteiger charge is -2.36. The van der Waals surface area contributed by atoms with Crippen molar-refractivity contribution >= 4 is 17.0 Å². The van der Waals surface area contributed by atoms with Gasteiger partial charge in [0.15, 0.2) is 5.82 Å². The van der Waals surface area contributed by atoms with Gasteiger partial charge in [0.1, 0.15) is 11.5 Å². The molecule has 2 aliphatic heterocycles. The molecule has 0 bridgehead atoms. The summed E-state index contributed by atoms with van der Waals surface area (Å²) >= 11 is 0. The van der Waals surface area contributed by atoms with Crippen LogP contribution in [-0.2, 0) is 0 Å². The molecule has 0 aliphatic carbocycles. The van der Waals surface area contributed by atoms with Gasteiger partial charge >= 0.3 is 0 Å². The van der Waals surface area contributed by atoms with Crippen LogP contribution in [0.4, 0.5) is 0 Å². The zero-order valence-corrected chi connectivity index (χ0v) is 15.2. The Morgan fingerprint density at radius 2 is 2.00 bits per heavy atom. The highest BCUT2D eigenvalue weighted by Crippen LogP contribution is 2.12. The standard InChI is InChI=1S/C19H21N7O/c1-24-8-10-25(11-9-24)16-6-5-14-18(22-16)17-13(12-21-14)19(27)26(23-17)15-4-2-3-7-20-15/h2-5,7,12,16,23H,6,8-11H2,1H3. The van der Waals surface area contributed by atoms with Gasteiger partial charge in [0.2, 0.25) is 0 Å². The fourth-order valence-corrected chi connectivity index (χ4v) is 3.77. The Hall–Kier alpha value is -2.84. The number of aromatic amines is 1. The molecule has 1 saturated heterocycles. The largest absolute Gasteiger partial charge is 0.304 e. The topological polar surface area (TPSA) is 82.4 Å². The number of nitrogens with zero attached hydrogens (tertiary/aromatic N) is 6. The highest BCUT2D eigenvalue weighted by atomic mass is 16.1. The van der Waals surface area contributed by atoms with Crippen molar-refractivity contribution in [3.63, 3.8) is 0 Å². The van der Waals surface area contributed by atoms with E-state index in [1.165, 1.54) is 4.68 Å². The lowest BCUT2D eigenvalue weighted by atomic mass is 10.2. The predicted octanol–water partition coefficient (Wildman–Crippen LogP) is -0.514. The molecule has 1 unspecified atom stereocenters.